The van der Waals surface area contributed by atoms with Crippen molar-refractivity contribution in [3.8, 4) is 5.75 Å². The first-order chi connectivity index (χ1) is 12.7. The second-order valence-corrected chi connectivity index (χ2v) is 8.58. The summed E-state index contributed by atoms with van der Waals surface area (Å²) in [6.07, 6.45) is 0. The van der Waals surface area contributed by atoms with Crippen molar-refractivity contribution in [1.29, 1.82) is 0 Å². The third-order valence-corrected chi connectivity index (χ3v) is 5.75. The van der Waals surface area contributed by atoms with Crippen LogP contribution in [0.1, 0.15) is 19.4 Å². The Morgan fingerprint density at radius 3 is 2.19 bits per heavy atom. The van der Waals surface area contributed by atoms with Gasteiger partial charge < -0.3 is 10.1 Å². The van der Waals surface area contributed by atoms with Crippen molar-refractivity contribution >= 4 is 21.6 Å². The van der Waals surface area contributed by atoms with Crippen LogP contribution in [0.4, 0.5) is 5.69 Å². The van der Waals surface area contributed by atoms with E-state index in [1.54, 1.807) is 24.3 Å². The number of nitrogens with zero attached hydrogens (tertiary/aromatic N) is 1. The van der Waals surface area contributed by atoms with Crippen molar-refractivity contribution in [2.45, 2.75) is 25.7 Å². The summed E-state index contributed by atoms with van der Waals surface area (Å²) in [5, 5.41) is 2.77. The highest BCUT2D eigenvalue weighted by molar-refractivity contribution is 7.92. The van der Waals surface area contributed by atoms with Crippen molar-refractivity contribution in [1.82, 2.24) is 5.32 Å². The predicted molar refractivity (Wildman–Crippen MR) is 107 cm³/mol. The molecule has 0 heterocycles. The molecular formula is C20H26N2O4S. The van der Waals surface area contributed by atoms with Crippen LogP contribution in [-0.2, 0) is 14.8 Å². The predicted octanol–water partition coefficient (Wildman–Crippen LogP) is 2.97. The average molecular weight is 391 g/mol. The maximum Gasteiger partial charge on any atom is 0.264 e. The molecule has 1 amide bonds. The topological polar surface area (TPSA) is 75.7 Å². The zero-order valence-corrected chi connectivity index (χ0v) is 16.9. The first kappa shape index (κ1) is 20.8. The van der Waals surface area contributed by atoms with E-state index in [0.717, 1.165) is 9.87 Å². The van der Waals surface area contributed by atoms with Crippen molar-refractivity contribution in [2.75, 3.05) is 24.5 Å². The summed E-state index contributed by atoms with van der Waals surface area (Å²) in [6, 6.07) is 13.1. The summed E-state index contributed by atoms with van der Waals surface area (Å²) >= 11 is 0. The molecule has 0 saturated carbocycles. The number of carbonyl (C=O) groups is 1. The molecule has 2 aromatic rings. The molecule has 0 spiro atoms. The highest BCUT2D eigenvalue weighted by Crippen LogP contribution is 2.25. The molecule has 2 aromatic carbocycles. The number of nitrogens with one attached hydrogen (secondary N) is 1. The van der Waals surface area contributed by atoms with Gasteiger partial charge in [-0.3, -0.25) is 9.10 Å². The standard InChI is InChI=1S/C20H26N2O4S/c1-15(2)13-21-20(23)14-22(17-7-5-16(3)6-8-17)27(24,25)19-11-9-18(26-4)10-12-19/h5-12,15H,13-14H2,1-4H3,(H,21,23). The Kier molecular flexibility index (Phi) is 6.85. The third kappa shape index (κ3) is 5.47. The summed E-state index contributed by atoms with van der Waals surface area (Å²) in [5.74, 6) is 0.492. The van der Waals surface area contributed by atoms with Crippen LogP contribution in [-0.4, -0.2) is 34.5 Å². The van der Waals surface area contributed by atoms with E-state index < -0.39 is 10.0 Å². The zero-order valence-electron chi connectivity index (χ0n) is 16.1. The first-order valence-electron chi connectivity index (χ1n) is 8.74. The van der Waals surface area contributed by atoms with Crippen LogP contribution < -0.4 is 14.4 Å². The van der Waals surface area contributed by atoms with E-state index in [-0.39, 0.29) is 23.3 Å². The molecule has 6 nitrogen and oxygen atoms in total. The van der Waals surface area contributed by atoms with E-state index in [1.165, 1.54) is 19.2 Å². The fourth-order valence-electron chi connectivity index (χ4n) is 2.41. The molecule has 0 radical (unpaired) electrons. The molecule has 0 aliphatic rings. The Balaban J connectivity index is 2.37. The van der Waals surface area contributed by atoms with Gasteiger partial charge in [-0.15, -0.1) is 0 Å². The Bertz CT molecular complexity index is 860. The van der Waals surface area contributed by atoms with E-state index in [2.05, 4.69) is 5.32 Å². The van der Waals surface area contributed by atoms with E-state index in [0.29, 0.717) is 18.0 Å². The molecule has 1 N–H and O–H groups in total. The number of anilines is 1. The molecule has 0 aromatic heterocycles. The van der Waals surface area contributed by atoms with Gasteiger partial charge in [0.05, 0.1) is 17.7 Å². The van der Waals surface area contributed by atoms with Crippen molar-refractivity contribution in [2.24, 2.45) is 5.92 Å². The van der Waals surface area contributed by atoms with Crippen molar-refractivity contribution in [3.63, 3.8) is 0 Å². The molecule has 0 atom stereocenters. The Hall–Kier alpha value is -2.54. The molecule has 0 fully saturated rings. The number of carbonyl (C=O) groups excluding carboxylic acids is 1. The molecule has 0 saturated heterocycles. The Morgan fingerprint density at radius 1 is 1.07 bits per heavy atom. The van der Waals surface area contributed by atoms with Crippen LogP contribution in [0.2, 0.25) is 0 Å². The van der Waals surface area contributed by atoms with Gasteiger partial charge >= 0.3 is 0 Å². The number of ether oxygens (including phenoxy) is 1. The van der Waals surface area contributed by atoms with Crippen molar-refractivity contribution < 1.29 is 17.9 Å². The number of benzene rings is 2. The molecule has 27 heavy (non-hydrogen) atoms. The van der Waals surface area contributed by atoms with E-state index in [1.807, 2.05) is 32.9 Å². The number of aryl methyl sites for hydroxylation is 1. The van der Waals surface area contributed by atoms with E-state index >= 15 is 0 Å². The Morgan fingerprint density at radius 2 is 1.67 bits per heavy atom. The summed E-state index contributed by atoms with van der Waals surface area (Å²) < 4.78 is 32.6. The molecule has 0 unspecified atom stereocenters. The number of hydrogen-bond donors (Lipinski definition) is 1. The van der Waals surface area contributed by atoms with E-state index in [4.69, 9.17) is 4.74 Å². The highest BCUT2D eigenvalue weighted by Gasteiger charge is 2.27. The first-order valence-corrected chi connectivity index (χ1v) is 10.2. The number of methoxy groups -OCH3 is 1. The van der Waals surface area contributed by atoms with Crippen molar-refractivity contribution in [3.05, 3.63) is 54.1 Å². The minimum atomic E-state index is -3.91. The Labute approximate surface area is 161 Å². The second-order valence-electron chi connectivity index (χ2n) is 6.72. The van der Waals surface area contributed by atoms with Gasteiger partial charge in [-0.2, -0.15) is 0 Å². The largest absolute Gasteiger partial charge is 0.497 e. The van der Waals surface area contributed by atoms with Gasteiger partial charge in [0.2, 0.25) is 5.91 Å². The fraction of sp³-hybridized carbons (Fsp3) is 0.350. The third-order valence-electron chi connectivity index (χ3n) is 3.96. The lowest BCUT2D eigenvalue weighted by Crippen LogP contribution is -2.41. The average Bonchev–Trinajstić information content (AvgIpc) is 2.65. The van der Waals surface area contributed by atoms with Crippen LogP contribution in [0.25, 0.3) is 0 Å². The summed E-state index contributed by atoms with van der Waals surface area (Å²) in [5.41, 5.74) is 1.45. The minimum absolute atomic E-state index is 0.0977. The maximum atomic E-state index is 13.2. The summed E-state index contributed by atoms with van der Waals surface area (Å²) in [7, 11) is -2.39. The van der Waals surface area contributed by atoms with Crippen LogP contribution in [0.15, 0.2) is 53.4 Å². The molecule has 0 bridgehead atoms. The normalized spacial score (nSPS) is 11.3. The van der Waals surface area contributed by atoms with E-state index in [9.17, 15) is 13.2 Å². The zero-order chi connectivity index (χ0) is 20.0. The van der Waals surface area contributed by atoms with Gasteiger partial charge in [-0.05, 0) is 49.2 Å². The molecule has 0 aliphatic carbocycles. The number of amides is 1. The fourth-order valence-corrected chi connectivity index (χ4v) is 3.83. The van der Waals surface area contributed by atoms with Crippen LogP contribution in [0.5, 0.6) is 5.75 Å². The van der Waals surface area contributed by atoms with Gasteiger partial charge in [0.15, 0.2) is 0 Å². The number of hydrogen-bond acceptors (Lipinski definition) is 4. The lowest BCUT2D eigenvalue weighted by atomic mass is 10.2. The lowest BCUT2D eigenvalue weighted by molar-refractivity contribution is -0.119. The summed E-state index contributed by atoms with van der Waals surface area (Å²) in [6.45, 7) is 6.08. The highest BCUT2D eigenvalue weighted by atomic mass is 32.2. The minimum Gasteiger partial charge on any atom is -0.497 e. The van der Waals surface area contributed by atoms with Gasteiger partial charge in [0, 0.05) is 6.54 Å². The second kappa shape index (κ2) is 8.90. The smallest absolute Gasteiger partial charge is 0.264 e. The maximum absolute atomic E-state index is 13.2. The quantitative estimate of drug-likeness (QED) is 0.752. The molecular weight excluding hydrogens is 364 g/mol. The molecule has 0 aliphatic heterocycles. The molecule has 146 valence electrons. The monoisotopic (exact) mass is 390 g/mol. The van der Waals surface area contributed by atoms with Crippen LogP contribution in [0.3, 0.4) is 0 Å². The van der Waals surface area contributed by atoms with Crippen LogP contribution >= 0.6 is 0 Å². The SMILES string of the molecule is COc1ccc(S(=O)(=O)N(CC(=O)NCC(C)C)c2ccc(C)cc2)cc1. The number of rotatable bonds is 8. The van der Waals surface area contributed by atoms with Gasteiger partial charge in [0.1, 0.15) is 12.3 Å². The molecule has 2 rings (SSSR count). The van der Waals surface area contributed by atoms with Crippen LogP contribution in [0, 0.1) is 12.8 Å². The summed E-state index contributed by atoms with van der Waals surface area (Å²) in [4.78, 5) is 12.4. The lowest BCUT2D eigenvalue weighted by Gasteiger charge is -2.24. The van der Waals surface area contributed by atoms with Gasteiger partial charge in [0.25, 0.3) is 10.0 Å². The molecule has 7 heteroatoms. The number of sulfonamides is 1. The van der Waals surface area contributed by atoms with Gasteiger partial charge in [-0.25, -0.2) is 8.42 Å². The van der Waals surface area contributed by atoms with Gasteiger partial charge in [-0.1, -0.05) is 31.5 Å².